The number of imidazole rings is 1. The van der Waals surface area contributed by atoms with Gasteiger partial charge in [-0.1, -0.05) is 31.5 Å². The first-order chi connectivity index (χ1) is 8.13. The van der Waals surface area contributed by atoms with E-state index in [9.17, 15) is 0 Å². The van der Waals surface area contributed by atoms with Crippen molar-refractivity contribution in [3.05, 3.63) is 29.0 Å². The minimum Gasteiger partial charge on any atom is -0.326 e. The molecule has 0 radical (unpaired) electrons. The highest BCUT2D eigenvalue weighted by Gasteiger charge is 2.11. The average Bonchev–Trinajstić information content (AvgIpc) is 2.65. The summed E-state index contributed by atoms with van der Waals surface area (Å²) >= 11 is 6.24. The van der Waals surface area contributed by atoms with Crippen LogP contribution in [0.1, 0.15) is 26.6 Å². The Morgan fingerprint density at radius 2 is 2.18 bits per heavy atom. The molecule has 0 aliphatic carbocycles. The Labute approximate surface area is 107 Å². The molecule has 0 aliphatic heterocycles. The monoisotopic (exact) mass is 251 g/mol. The predicted octanol–water partition coefficient (Wildman–Crippen LogP) is 3.21. The minimum absolute atomic E-state index is 0.454. The molecule has 1 N–H and O–H groups in total. The fraction of sp³-hybridized carbons (Fsp3) is 0.462. The molecule has 1 aromatic heterocycles. The van der Waals surface area contributed by atoms with E-state index >= 15 is 0 Å². The van der Waals surface area contributed by atoms with Crippen molar-refractivity contribution in [3.8, 4) is 0 Å². The van der Waals surface area contributed by atoms with Crippen molar-refractivity contribution < 1.29 is 0 Å². The molecule has 17 heavy (non-hydrogen) atoms. The molecule has 0 atom stereocenters. The van der Waals surface area contributed by atoms with Gasteiger partial charge in [-0.3, -0.25) is 0 Å². The second kappa shape index (κ2) is 5.07. The molecule has 0 fully saturated rings. The highest BCUT2D eigenvalue weighted by Crippen LogP contribution is 2.24. The van der Waals surface area contributed by atoms with Crippen LogP contribution in [0, 0.1) is 0 Å². The van der Waals surface area contributed by atoms with Crippen molar-refractivity contribution in [2.24, 2.45) is 0 Å². The van der Waals surface area contributed by atoms with E-state index in [-0.39, 0.29) is 0 Å². The van der Waals surface area contributed by atoms with Gasteiger partial charge in [0.05, 0.1) is 22.6 Å². The summed E-state index contributed by atoms with van der Waals surface area (Å²) in [5.74, 6) is 1.05. The number of para-hydroxylation sites is 1. The van der Waals surface area contributed by atoms with Gasteiger partial charge in [-0.15, -0.1) is 0 Å². The molecule has 2 aromatic rings. The lowest BCUT2D eigenvalue weighted by Gasteiger charge is -2.10. The van der Waals surface area contributed by atoms with E-state index in [1.54, 1.807) is 0 Å². The Hall–Kier alpha value is -1.06. The third-order valence-electron chi connectivity index (χ3n) is 2.78. The number of benzene rings is 1. The molecule has 0 aliphatic rings. The van der Waals surface area contributed by atoms with E-state index < -0.39 is 0 Å². The van der Waals surface area contributed by atoms with E-state index in [1.165, 1.54) is 0 Å². The smallest absolute Gasteiger partial charge is 0.123 e. The highest BCUT2D eigenvalue weighted by molar-refractivity contribution is 6.35. The molecular weight excluding hydrogens is 234 g/mol. The van der Waals surface area contributed by atoms with Gasteiger partial charge in [-0.25, -0.2) is 4.98 Å². The van der Waals surface area contributed by atoms with Crippen LogP contribution in [0.2, 0.25) is 5.02 Å². The van der Waals surface area contributed by atoms with Crippen LogP contribution >= 0.6 is 11.6 Å². The van der Waals surface area contributed by atoms with Crippen molar-refractivity contribution in [2.75, 3.05) is 0 Å². The lowest BCUT2D eigenvalue weighted by atomic mass is 10.3. The van der Waals surface area contributed by atoms with Gasteiger partial charge in [0.25, 0.3) is 0 Å². The summed E-state index contributed by atoms with van der Waals surface area (Å²) in [7, 11) is 0. The minimum atomic E-state index is 0.454. The summed E-state index contributed by atoms with van der Waals surface area (Å²) in [4.78, 5) is 4.63. The zero-order valence-corrected chi connectivity index (χ0v) is 11.3. The first-order valence-corrected chi connectivity index (χ1v) is 6.38. The highest BCUT2D eigenvalue weighted by atomic mass is 35.5. The first kappa shape index (κ1) is 12.4. The number of rotatable bonds is 4. The molecule has 1 heterocycles. The Morgan fingerprint density at radius 3 is 2.82 bits per heavy atom. The van der Waals surface area contributed by atoms with E-state index in [0.29, 0.717) is 6.04 Å². The zero-order valence-electron chi connectivity index (χ0n) is 10.5. The van der Waals surface area contributed by atoms with Gasteiger partial charge >= 0.3 is 0 Å². The van der Waals surface area contributed by atoms with E-state index in [0.717, 1.165) is 35.0 Å². The van der Waals surface area contributed by atoms with Crippen molar-refractivity contribution in [1.29, 1.82) is 0 Å². The van der Waals surface area contributed by atoms with Crippen LogP contribution in [-0.2, 0) is 13.1 Å². The van der Waals surface area contributed by atoms with Crippen molar-refractivity contribution in [3.63, 3.8) is 0 Å². The van der Waals surface area contributed by atoms with Gasteiger partial charge in [-0.2, -0.15) is 0 Å². The van der Waals surface area contributed by atoms with Crippen LogP contribution in [0.4, 0.5) is 0 Å². The van der Waals surface area contributed by atoms with Crippen LogP contribution in [0.5, 0.6) is 0 Å². The lowest BCUT2D eigenvalue weighted by molar-refractivity contribution is 0.554. The van der Waals surface area contributed by atoms with Crippen LogP contribution in [0.15, 0.2) is 18.2 Å². The summed E-state index contributed by atoms with van der Waals surface area (Å²) in [5, 5.41) is 4.16. The maximum atomic E-state index is 6.24. The zero-order chi connectivity index (χ0) is 12.4. The number of aromatic nitrogens is 2. The standard InChI is InChI=1S/C13H18ClN3/c1-4-17-12(8-15-9(2)3)16-11-7-5-6-10(14)13(11)17/h5-7,9,15H,4,8H2,1-3H3. The maximum Gasteiger partial charge on any atom is 0.123 e. The summed E-state index contributed by atoms with van der Waals surface area (Å²) in [6, 6.07) is 6.32. The van der Waals surface area contributed by atoms with Gasteiger partial charge in [0.1, 0.15) is 5.82 Å². The van der Waals surface area contributed by atoms with Crippen LogP contribution in [0.3, 0.4) is 0 Å². The topological polar surface area (TPSA) is 29.9 Å². The molecule has 0 bridgehead atoms. The molecule has 0 saturated heterocycles. The van der Waals surface area contributed by atoms with Crippen molar-refractivity contribution in [1.82, 2.24) is 14.9 Å². The number of aryl methyl sites for hydroxylation is 1. The summed E-state index contributed by atoms with van der Waals surface area (Å²) in [5.41, 5.74) is 2.01. The fourth-order valence-corrected chi connectivity index (χ4v) is 2.23. The molecular formula is C13H18ClN3. The van der Waals surface area contributed by atoms with E-state index in [1.807, 2.05) is 18.2 Å². The first-order valence-electron chi connectivity index (χ1n) is 6.00. The second-order valence-corrected chi connectivity index (χ2v) is 4.82. The lowest BCUT2D eigenvalue weighted by Crippen LogP contribution is -2.24. The van der Waals surface area contributed by atoms with E-state index in [2.05, 4.69) is 35.6 Å². The van der Waals surface area contributed by atoms with Crippen molar-refractivity contribution in [2.45, 2.75) is 39.9 Å². The van der Waals surface area contributed by atoms with Gasteiger partial charge in [0, 0.05) is 12.6 Å². The largest absolute Gasteiger partial charge is 0.326 e. The molecule has 0 unspecified atom stereocenters. The maximum absolute atomic E-state index is 6.24. The summed E-state index contributed by atoms with van der Waals surface area (Å²) in [6.45, 7) is 8.03. The third-order valence-corrected chi connectivity index (χ3v) is 3.09. The second-order valence-electron chi connectivity index (χ2n) is 4.42. The number of hydrogen-bond donors (Lipinski definition) is 1. The number of halogens is 1. The normalized spacial score (nSPS) is 11.6. The van der Waals surface area contributed by atoms with Gasteiger partial charge in [0.15, 0.2) is 0 Å². The number of nitrogens with one attached hydrogen (secondary N) is 1. The third kappa shape index (κ3) is 2.45. The molecule has 1 aromatic carbocycles. The number of hydrogen-bond acceptors (Lipinski definition) is 2. The van der Waals surface area contributed by atoms with Gasteiger partial charge in [-0.05, 0) is 19.1 Å². The molecule has 2 rings (SSSR count). The van der Waals surface area contributed by atoms with Gasteiger partial charge < -0.3 is 9.88 Å². The Bertz CT molecular complexity index is 517. The SMILES string of the molecule is CCn1c(CNC(C)C)nc2cccc(Cl)c21. The van der Waals surface area contributed by atoms with Crippen LogP contribution in [-0.4, -0.2) is 15.6 Å². The molecule has 3 nitrogen and oxygen atoms in total. The molecule has 4 heteroatoms. The number of nitrogens with zero attached hydrogens (tertiary/aromatic N) is 2. The average molecular weight is 252 g/mol. The Morgan fingerprint density at radius 1 is 1.41 bits per heavy atom. The predicted molar refractivity (Wildman–Crippen MR) is 72.4 cm³/mol. The Balaban J connectivity index is 2.45. The summed E-state index contributed by atoms with van der Waals surface area (Å²) in [6.07, 6.45) is 0. The van der Waals surface area contributed by atoms with Gasteiger partial charge in [0.2, 0.25) is 0 Å². The molecule has 0 amide bonds. The quantitative estimate of drug-likeness (QED) is 0.904. The summed E-state index contributed by atoms with van der Waals surface area (Å²) < 4.78 is 2.17. The molecule has 0 spiro atoms. The number of fused-ring (bicyclic) bond motifs is 1. The van der Waals surface area contributed by atoms with Crippen LogP contribution in [0.25, 0.3) is 11.0 Å². The fourth-order valence-electron chi connectivity index (χ4n) is 1.96. The molecule has 0 saturated carbocycles. The van der Waals surface area contributed by atoms with Crippen LogP contribution < -0.4 is 5.32 Å². The Kier molecular flexibility index (Phi) is 3.69. The van der Waals surface area contributed by atoms with E-state index in [4.69, 9.17) is 11.6 Å². The van der Waals surface area contributed by atoms with Crippen molar-refractivity contribution >= 4 is 22.6 Å². The molecule has 92 valence electrons.